The maximum absolute atomic E-state index is 3.94. The Morgan fingerprint density at radius 3 is 1.49 bits per heavy atom. The summed E-state index contributed by atoms with van der Waals surface area (Å²) in [4.78, 5) is 2.46. The lowest BCUT2D eigenvalue weighted by molar-refractivity contribution is 1.18. The van der Waals surface area contributed by atoms with Crippen molar-refractivity contribution in [3.8, 4) is 11.4 Å². The van der Waals surface area contributed by atoms with Gasteiger partial charge < -0.3 is 19.4 Å². The van der Waals surface area contributed by atoms with Crippen molar-refractivity contribution >= 4 is 108 Å². The van der Waals surface area contributed by atoms with Crippen LogP contribution in [-0.2, 0) is 0 Å². The molecule has 0 amide bonds. The summed E-state index contributed by atoms with van der Waals surface area (Å²) in [5.41, 5.74) is 18.9. The van der Waals surface area contributed by atoms with Gasteiger partial charge in [0.1, 0.15) is 0 Å². The molecule has 0 spiro atoms. The Morgan fingerprint density at radius 2 is 0.909 bits per heavy atom. The second-order valence-corrected chi connectivity index (χ2v) is 14.7. The Kier molecular flexibility index (Phi) is 6.41. The van der Waals surface area contributed by atoms with Crippen molar-refractivity contribution < 1.29 is 0 Å². The van der Waals surface area contributed by atoms with E-state index < -0.39 is 0 Å². The molecule has 2 radical (unpaired) electrons. The first-order valence-electron chi connectivity index (χ1n) is 19.0. The lowest BCUT2D eigenvalue weighted by Crippen LogP contribution is -2.46. The number of para-hydroxylation sites is 5. The number of benzene rings is 8. The van der Waals surface area contributed by atoms with Gasteiger partial charge in [-0.3, -0.25) is 0 Å². The second kappa shape index (κ2) is 11.5. The van der Waals surface area contributed by atoms with Gasteiger partial charge in [0.2, 0.25) is 0 Å². The third kappa shape index (κ3) is 4.31. The van der Waals surface area contributed by atoms with E-state index in [1.807, 2.05) is 0 Å². The Morgan fingerprint density at radius 1 is 0.436 bits per heavy atom. The van der Waals surface area contributed by atoms with Gasteiger partial charge in [-0.15, -0.1) is 0 Å². The first kappa shape index (κ1) is 30.5. The van der Waals surface area contributed by atoms with Gasteiger partial charge in [0.25, 0.3) is 0 Å². The van der Waals surface area contributed by atoms with Crippen LogP contribution in [0.15, 0.2) is 170 Å². The average Bonchev–Trinajstić information content (AvgIpc) is 3.75. The minimum absolute atomic E-state index is 1.11. The van der Waals surface area contributed by atoms with Crippen LogP contribution < -0.4 is 32.1 Å². The highest BCUT2D eigenvalue weighted by Gasteiger charge is 2.33. The van der Waals surface area contributed by atoms with E-state index in [1.54, 1.807) is 0 Å². The molecule has 0 saturated carbocycles. The van der Waals surface area contributed by atoms with Crippen LogP contribution in [0.4, 0.5) is 28.4 Å². The summed E-state index contributed by atoms with van der Waals surface area (Å²) >= 11 is 0. The third-order valence-electron chi connectivity index (χ3n) is 11.7. The van der Waals surface area contributed by atoms with E-state index in [2.05, 4.69) is 211 Å². The molecule has 12 rings (SSSR count). The summed E-state index contributed by atoms with van der Waals surface area (Å²) < 4.78 is 4.87. The van der Waals surface area contributed by atoms with Crippen LogP contribution in [0.1, 0.15) is 5.56 Å². The quantitative estimate of drug-likeness (QED) is 0.186. The molecule has 8 aromatic carbocycles. The summed E-state index contributed by atoms with van der Waals surface area (Å²) in [5.74, 6) is 0. The number of fused-ring (bicyclic) bond motifs is 10. The van der Waals surface area contributed by atoms with Crippen LogP contribution >= 0.6 is 0 Å². The van der Waals surface area contributed by atoms with Crippen molar-refractivity contribution in [2.75, 3.05) is 10.2 Å². The Hall–Kier alpha value is -6.91. The molecule has 0 atom stereocenters. The minimum atomic E-state index is 1.11. The Balaban J connectivity index is 1.07. The standard InChI is InChI=1S/C49H32B2N4/c1-30-48-36(50-46-38(52-48)21-13-26-43(46)54-39-22-9-5-17-32(39)33-18-6-10-23-40(33)54)29-37-49(30)53(31-15-3-2-4-16-31)44-27-14-28-45(47(44)51-37)55-41-24-11-7-19-34(41)35-20-8-12-25-42(35)55/h2-29,52H,1H3. The van der Waals surface area contributed by atoms with Crippen molar-refractivity contribution in [3.05, 3.63) is 175 Å². The van der Waals surface area contributed by atoms with Gasteiger partial charge in [-0.25, -0.2) is 0 Å². The molecule has 55 heavy (non-hydrogen) atoms. The molecule has 2 aromatic heterocycles. The molecule has 10 aromatic rings. The van der Waals surface area contributed by atoms with Gasteiger partial charge in [0.15, 0.2) is 14.6 Å². The lowest BCUT2D eigenvalue weighted by Gasteiger charge is -2.38. The molecule has 2 aliphatic rings. The maximum atomic E-state index is 3.94. The van der Waals surface area contributed by atoms with Crippen molar-refractivity contribution in [3.63, 3.8) is 0 Å². The number of hydrogen-bond acceptors (Lipinski definition) is 2. The summed E-state index contributed by atoms with van der Waals surface area (Å²) in [6.07, 6.45) is 0. The van der Waals surface area contributed by atoms with E-state index in [-0.39, 0.29) is 0 Å². The van der Waals surface area contributed by atoms with E-state index in [4.69, 9.17) is 0 Å². The topological polar surface area (TPSA) is 25.1 Å². The number of aromatic nitrogens is 2. The van der Waals surface area contributed by atoms with Crippen LogP contribution in [-0.4, -0.2) is 23.7 Å². The summed E-state index contributed by atoms with van der Waals surface area (Å²) in [6.45, 7) is 2.27. The number of hydrogen-bond donors (Lipinski definition) is 1. The summed E-state index contributed by atoms with van der Waals surface area (Å²) in [7, 11) is 4.81. The molecule has 2 aliphatic heterocycles. The van der Waals surface area contributed by atoms with Gasteiger partial charge >= 0.3 is 0 Å². The molecular formula is C49H32B2N4. The van der Waals surface area contributed by atoms with Gasteiger partial charge in [-0.2, -0.15) is 0 Å². The largest absolute Gasteiger partial charge is 0.356 e. The van der Waals surface area contributed by atoms with E-state index in [0.717, 1.165) is 34.1 Å². The number of nitrogens with one attached hydrogen (secondary N) is 1. The monoisotopic (exact) mass is 698 g/mol. The zero-order valence-electron chi connectivity index (χ0n) is 30.2. The van der Waals surface area contributed by atoms with Crippen LogP contribution in [0.3, 0.4) is 0 Å². The molecule has 254 valence electrons. The van der Waals surface area contributed by atoms with Crippen LogP contribution in [0.2, 0.25) is 0 Å². The molecule has 0 fully saturated rings. The number of rotatable bonds is 3. The molecule has 6 heteroatoms. The fourth-order valence-electron chi connectivity index (χ4n) is 9.41. The fraction of sp³-hybridized carbons (Fsp3) is 0.0204. The highest BCUT2D eigenvalue weighted by Crippen LogP contribution is 2.41. The van der Waals surface area contributed by atoms with Gasteiger partial charge in [0.05, 0.1) is 22.1 Å². The zero-order valence-corrected chi connectivity index (χ0v) is 30.2. The van der Waals surface area contributed by atoms with E-state index >= 15 is 0 Å². The first-order chi connectivity index (χ1) is 27.2. The van der Waals surface area contributed by atoms with Crippen LogP contribution in [0, 0.1) is 6.92 Å². The highest BCUT2D eigenvalue weighted by atomic mass is 15.2. The predicted molar refractivity (Wildman–Crippen MR) is 234 cm³/mol. The van der Waals surface area contributed by atoms with Crippen molar-refractivity contribution in [1.29, 1.82) is 0 Å². The van der Waals surface area contributed by atoms with Gasteiger partial charge in [0, 0.05) is 61.4 Å². The molecule has 0 bridgehead atoms. The molecule has 4 heterocycles. The van der Waals surface area contributed by atoms with E-state index in [1.165, 1.54) is 76.7 Å². The smallest absolute Gasteiger partial charge is 0.199 e. The summed E-state index contributed by atoms with van der Waals surface area (Å²) in [5, 5.41) is 8.98. The minimum Gasteiger partial charge on any atom is -0.356 e. The maximum Gasteiger partial charge on any atom is 0.199 e. The predicted octanol–water partition coefficient (Wildman–Crippen LogP) is 9.34. The highest BCUT2D eigenvalue weighted by molar-refractivity contribution is 6.76. The zero-order chi connectivity index (χ0) is 36.2. The first-order valence-corrected chi connectivity index (χ1v) is 19.0. The van der Waals surface area contributed by atoms with E-state index in [0.29, 0.717) is 0 Å². The Labute approximate surface area is 320 Å². The molecule has 0 saturated heterocycles. The fourth-order valence-corrected chi connectivity index (χ4v) is 9.41. The SMILES string of the molecule is Cc1c2c(cc3c1N(c1ccccc1)c1cccc(-n4c5ccccc5c5ccccc54)c1[B]3)[B]c1c(cccc1-n1c3ccccc3c3ccccc31)N2. The lowest BCUT2D eigenvalue weighted by atomic mass is 9.54. The summed E-state index contributed by atoms with van der Waals surface area (Å²) in [6, 6.07) is 61.6. The van der Waals surface area contributed by atoms with Crippen molar-refractivity contribution in [2.24, 2.45) is 0 Å². The number of nitrogens with zero attached hydrogens (tertiary/aromatic N) is 3. The normalized spacial score (nSPS) is 12.9. The van der Waals surface area contributed by atoms with Crippen LogP contribution in [0.5, 0.6) is 0 Å². The van der Waals surface area contributed by atoms with Crippen molar-refractivity contribution in [1.82, 2.24) is 9.13 Å². The molecular weight excluding hydrogens is 666 g/mol. The van der Waals surface area contributed by atoms with Gasteiger partial charge in [-0.05, 0) is 84.1 Å². The second-order valence-electron chi connectivity index (χ2n) is 14.7. The Bertz CT molecular complexity index is 3110. The molecule has 0 aliphatic carbocycles. The van der Waals surface area contributed by atoms with Crippen LogP contribution in [0.25, 0.3) is 55.0 Å². The molecule has 1 N–H and O–H groups in total. The molecule has 4 nitrogen and oxygen atoms in total. The number of anilines is 5. The molecule has 0 unspecified atom stereocenters. The van der Waals surface area contributed by atoms with Gasteiger partial charge in [-0.1, -0.05) is 120 Å². The van der Waals surface area contributed by atoms with E-state index in [9.17, 15) is 0 Å². The average molecular weight is 698 g/mol. The van der Waals surface area contributed by atoms with Crippen molar-refractivity contribution in [2.45, 2.75) is 6.92 Å². The third-order valence-corrected chi connectivity index (χ3v) is 11.7.